The highest BCUT2D eigenvalue weighted by molar-refractivity contribution is 5.68. The van der Waals surface area contributed by atoms with Crippen molar-refractivity contribution in [2.24, 2.45) is 5.92 Å². The van der Waals surface area contributed by atoms with Gasteiger partial charge in [-0.2, -0.15) is 0 Å². The SMILES string of the molecule is CC(C)(C)OC(=O)N1CCC(NCC2CCCCC2)C1. The van der Waals surface area contributed by atoms with Crippen molar-refractivity contribution in [1.29, 1.82) is 0 Å². The lowest BCUT2D eigenvalue weighted by Crippen LogP contribution is -2.39. The van der Waals surface area contributed by atoms with Crippen LogP contribution in [0.5, 0.6) is 0 Å². The Morgan fingerprint density at radius 2 is 1.90 bits per heavy atom. The molecule has 2 rings (SSSR count). The summed E-state index contributed by atoms with van der Waals surface area (Å²) in [6.45, 7) is 8.48. The van der Waals surface area contributed by atoms with E-state index in [9.17, 15) is 4.79 Å². The number of carbonyl (C=O) groups is 1. The molecule has 0 aromatic heterocycles. The predicted octanol–water partition coefficient (Wildman–Crippen LogP) is 3.17. The van der Waals surface area contributed by atoms with Gasteiger partial charge in [0.05, 0.1) is 0 Å². The van der Waals surface area contributed by atoms with Crippen LogP contribution in [-0.4, -0.2) is 42.3 Å². The molecule has 2 fully saturated rings. The molecule has 1 saturated heterocycles. The van der Waals surface area contributed by atoms with Gasteiger partial charge in [-0.1, -0.05) is 19.3 Å². The first kappa shape index (κ1) is 15.6. The molecule has 2 aliphatic rings. The third kappa shape index (κ3) is 4.97. The van der Waals surface area contributed by atoms with Crippen LogP contribution in [0.4, 0.5) is 4.79 Å². The molecule has 1 heterocycles. The number of amides is 1. The largest absolute Gasteiger partial charge is 0.444 e. The molecule has 20 heavy (non-hydrogen) atoms. The minimum atomic E-state index is -0.398. The smallest absolute Gasteiger partial charge is 0.410 e. The van der Waals surface area contributed by atoms with E-state index < -0.39 is 5.60 Å². The van der Waals surface area contributed by atoms with Gasteiger partial charge in [-0.15, -0.1) is 0 Å². The molecule has 4 heteroatoms. The molecule has 1 saturated carbocycles. The van der Waals surface area contributed by atoms with Gasteiger partial charge in [0, 0.05) is 19.1 Å². The lowest BCUT2D eigenvalue weighted by atomic mass is 9.89. The van der Waals surface area contributed by atoms with E-state index in [2.05, 4.69) is 5.32 Å². The second kappa shape index (κ2) is 6.79. The standard InChI is InChI=1S/C16H30N2O2/c1-16(2,3)20-15(19)18-10-9-14(12-18)17-11-13-7-5-4-6-8-13/h13-14,17H,4-12H2,1-3H3. The van der Waals surface area contributed by atoms with Crippen molar-refractivity contribution in [3.05, 3.63) is 0 Å². The number of nitrogens with one attached hydrogen (secondary N) is 1. The van der Waals surface area contributed by atoms with Gasteiger partial charge in [0.2, 0.25) is 0 Å². The normalized spacial score (nSPS) is 24.9. The van der Waals surface area contributed by atoms with Crippen LogP contribution in [0, 0.1) is 5.92 Å². The third-order valence-electron chi connectivity index (χ3n) is 4.26. The summed E-state index contributed by atoms with van der Waals surface area (Å²) in [5, 5.41) is 3.65. The summed E-state index contributed by atoms with van der Waals surface area (Å²) in [6, 6.07) is 0.449. The molecule has 1 N–H and O–H groups in total. The van der Waals surface area contributed by atoms with Gasteiger partial charge in [0.1, 0.15) is 5.60 Å². The summed E-state index contributed by atoms with van der Waals surface area (Å²) < 4.78 is 5.42. The van der Waals surface area contributed by atoms with E-state index in [0.717, 1.165) is 32.0 Å². The topological polar surface area (TPSA) is 41.6 Å². The molecule has 0 spiro atoms. The molecule has 4 nitrogen and oxygen atoms in total. The Morgan fingerprint density at radius 1 is 1.20 bits per heavy atom. The van der Waals surface area contributed by atoms with Gasteiger partial charge in [0.15, 0.2) is 0 Å². The minimum Gasteiger partial charge on any atom is -0.444 e. The van der Waals surface area contributed by atoms with Crippen LogP contribution in [-0.2, 0) is 4.74 Å². The van der Waals surface area contributed by atoms with E-state index in [1.807, 2.05) is 25.7 Å². The molecule has 0 bridgehead atoms. The summed E-state index contributed by atoms with van der Waals surface area (Å²) in [5.74, 6) is 0.847. The fourth-order valence-corrected chi connectivity index (χ4v) is 3.14. The van der Waals surface area contributed by atoms with Crippen LogP contribution < -0.4 is 5.32 Å². The molecule has 1 unspecified atom stereocenters. The number of nitrogens with zero attached hydrogens (tertiary/aromatic N) is 1. The van der Waals surface area contributed by atoms with Crippen molar-refractivity contribution in [3.8, 4) is 0 Å². The van der Waals surface area contributed by atoms with Crippen LogP contribution in [0.15, 0.2) is 0 Å². The molecule has 0 aromatic rings. The van der Waals surface area contributed by atoms with Crippen molar-refractivity contribution in [2.45, 2.75) is 70.9 Å². The Bertz CT molecular complexity index is 319. The number of likely N-dealkylation sites (tertiary alicyclic amines) is 1. The Kier molecular flexibility index (Phi) is 5.30. The number of hydrogen-bond donors (Lipinski definition) is 1. The second-order valence-electron chi connectivity index (χ2n) is 7.32. The molecule has 1 aliphatic carbocycles. The van der Waals surface area contributed by atoms with Crippen molar-refractivity contribution in [2.75, 3.05) is 19.6 Å². The molecule has 1 aliphatic heterocycles. The van der Waals surface area contributed by atoms with Crippen LogP contribution >= 0.6 is 0 Å². The molecule has 1 amide bonds. The first-order valence-electron chi connectivity index (χ1n) is 8.15. The molecule has 0 aromatic carbocycles. The lowest BCUT2D eigenvalue weighted by molar-refractivity contribution is 0.0291. The maximum Gasteiger partial charge on any atom is 0.410 e. The summed E-state index contributed by atoms with van der Waals surface area (Å²) in [7, 11) is 0. The predicted molar refractivity (Wildman–Crippen MR) is 80.8 cm³/mol. The molecule has 1 atom stereocenters. The van der Waals surface area contributed by atoms with Gasteiger partial charge >= 0.3 is 6.09 Å². The van der Waals surface area contributed by atoms with Crippen LogP contribution in [0.25, 0.3) is 0 Å². The fraction of sp³-hybridized carbons (Fsp3) is 0.938. The molecule has 116 valence electrons. The zero-order valence-corrected chi connectivity index (χ0v) is 13.3. The summed E-state index contributed by atoms with van der Waals surface area (Å²) in [6.07, 6.45) is 7.81. The molecular formula is C16H30N2O2. The van der Waals surface area contributed by atoms with Gasteiger partial charge in [-0.25, -0.2) is 4.79 Å². The summed E-state index contributed by atoms with van der Waals surface area (Å²) >= 11 is 0. The average Bonchev–Trinajstić information content (AvgIpc) is 2.84. The van der Waals surface area contributed by atoms with Crippen LogP contribution in [0.1, 0.15) is 59.3 Å². The van der Waals surface area contributed by atoms with Crippen LogP contribution in [0.3, 0.4) is 0 Å². The highest BCUT2D eigenvalue weighted by Gasteiger charge is 2.29. The van der Waals surface area contributed by atoms with E-state index in [4.69, 9.17) is 4.74 Å². The average molecular weight is 282 g/mol. The Balaban J connectivity index is 1.68. The van der Waals surface area contributed by atoms with Gasteiger partial charge < -0.3 is 15.0 Å². The zero-order chi connectivity index (χ0) is 14.6. The van der Waals surface area contributed by atoms with Crippen molar-refractivity contribution >= 4 is 6.09 Å². The Morgan fingerprint density at radius 3 is 2.55 bits per heavy atom. The summed E-state index contributed by atoms with van der Waals surface area (Å²) in [4.78, 5) is 13.8. The van der Waals surface area contributed by atoms with Crippen molar-refractivity contribution in [1.82, 2.24) is 10.2 Å². The highest BCUT2D eigenvalue weighted by atomic mass is 16.6. The van der Waals surface area contributed by atoms with E-state index in [-0.39, 0.29) is 6.09 Å². The second-order valence-corrected chi connectivity index (χ2v) is 7.32. The maximum atomic E-state index is 12.0. The highest BCUT2D eigenvalue weighted by Crippen LogP contribution is 2.23. The van der Waals surface area contributed by atoms with Gasteiger partial charge in [0.25, 0.3) is 0 Å². The number of carbonyl (C=O) groups excluding carboxylic acids is 1. The summed E-state index contributed by atoms with van der Waals surface area (Å²) in [5.41, 5.74) is -0.398. The van der Waals surface area contributed by atoms with Gasteiger partial charge in [-0.3, -0.25) is 0 Å². The van der Waals surface area contributed by atoms with E-state index in [1.54, 1.807) is 0 Å². The first-order valence-corrected chi connectivity index (χ1v) is 8.15. The van der Waals surface area contributed by atoms with E-state index in [1.165, 1.54) is 32.1 Å². The molecular weight excluding hydrogens is 252 g/mol. The Hall–Kier alpha value is -0.770. The van der Waals surface area contributed by atoms with Crippen molar-refractivity contribution in [3.63, 3.8) is 0 Å². The lowest BCUT2D eigenvalue weighted by Gasteiger charge is -2.25. The fourth-order valence-electron chi connectivity index (χ4n) is 3.14. The number of ether oxygens (including phenoxy) is 1. The quantitative estimate of drug-likeness (QED) is 0.864. The minimum absolute atomic E-state index is 0.167. The monoisotopic (exact) mass is 282 g/mol. The Labute approximate surface area is 123 Å². The third-order valence-corrected chi connectivity index (χ3v) is 4.26. The first-order chi connectivity index (χ1) is 9.44. The zero-order valence-electron chi connectivity index (χ0n) is 13.3. The van der Waals surface area contributed by atoms with E-state index in [0.29, 0.717) is 6.04 Å². The van der Waals surface area contributed by atoms with Crippen molar-refractivity contribution < 1.29 is 9.53 Å². The number of hydrogen-bond acceptors (Lipinski definition) is 3. The maximum absolute atomic E-state index is 12.0. The molecule has 0 radical (unpaired) electrons. The van der Waals surface area contributed by atoms with Gasteiger partial charge in [-0.05, 0) is 52.5 Å². The van der Waals surface area contributed by atoms with Crippen LogP contribution in [0.2, 0.25) is 0 Å². The number of rotatable bonds is 3. The van der Waals surface area contributed by atoms with E-state index >= 15 is 0 Å².